The van der Waals surface area contributed by atoms with Crippen LogP contribution >= 0.6 is 0 Å². The highest BCUT2D eigenvalue weighted by Crippen LogP contribution is 2.12. The molecule has 108 valence electrons. The highest BCUT2D eigenvalue weighted by atomic mass is 16.5. The Labute approximate surface area is 117 Å². The van der Waals surface area contributed by atoms with Gasteiger partial charge < -0.3 is 15.4 Å². The van der Waals surface area contributed by atoms with Crippen molar-refractivity contribution in [1.29, 1.82) is 0 Å². The minimum absolute atomic E-state index is 0.0448. The van der Waals surface area contributed by atoms with Gasteiger partial charge in [0.05, 0.1) is 7.11 Å². The van der Waals surface area contributed by atoms with Crippen LogP contribution in [0.1, 0.15) is 32.3 Å². The third kappa shape index (κ3) is 7.19. The van der Waals surface area contributed by atoms with Crippen LogP contribution in [0.4, 0.5) is 0 Å². The summed E-state index contributed by atoms with van der Waals surface area (Å²) in [7, 11) is 3.87. The van der Waals surface area contributed by atoms with Crippen LogP contribution in [0.2, 0.25) is 0 Å². The molecule has 0 aliphatic carbocycles. The van der Waals surface area contributed by atoms with Gasteiger partial charge in [0.25, 0.3) is 0 Å². The van der Waals surface area contributed by atoms with Crippen molar-refractivity contribution in [3.63, 3.8) is 0 Å². The van der Waals surface area contributed by atoms with Gasteiger partial charge in [-0.15, -0.1) is 0 Å². The minimum atomic E-state index is -0.0448. The maximum Gasteiger partial charge on any atom is 0.118 e. The molecule has 2 N–H and O–H groups in total. The average molecular weight is 264 g/mol. The number of likely N-dealkylation sites (N-methyl/N-ethyl adjacent to an activating group) is 1. The second-order valence-electron chi connectivity index (χ2n) is 5.99. The molecule has 0 amide bonds. The molecule has 0 radical (unpaired) electrons. The van der Waals surface area contributed by atoms with Crippen molar-refractivity contribution in [1.82, 2.24) is 4.90 Å². The van der Waals surface area contributed by atoms with Crippen molar-refractivity contribution in [2.45, 2.75) is 38.6 Å². The van der Waals surface area contributed by atoms with E-state index in [0.717, 1.165) is 38.1 Å². The van der Waals surface area contributed by atoms with E-state index in [1.807, 2.05) is 12.1 Å². The van der Waals surface area contributed by atoms with E-state index < -0.39 is 0 Å². The van der Waals surface area contributed by atoms with Crippen molar-refractivity contribution in [3.05, 3.63) is 29.8 Å². The summed E-state index contributed by atoms with van der Waals surface area (Å²) in [5.74, 6) is 0.919. The first-order valence-electron chi connectivity index (χ1n) is 7.01. The van der Waals surface area contributed by atoms with E-state index in [0.29, 0.717) is 0 Å². The van der Waals surface area contributed by atoms with E-state index in [-0.39, 0.29) is 5.54 Å². The SMILES string of the molecule is COc1ccc(CCN(C)CCCC(C)(C)N)cc1. The molecule has 0 saturated heterocycles. The van der Waals surface area contributed by atoms with E-state index in [2.05, 4.69) is 37.9 Å². The average Bonchev–Trinajstić information content (AvgIpc) is 2.35. The summed E-state index contributed by atoms with van der Waals surface area (Å²) in [4.78, 5) is 2.37. The minimum Gasteiger partial charge on any atom is -0.497 e. The molecule has 0 aliphatic heterocycles. The van der Waals surface area contributed by atoms with Gasteiger partial charge in [-0.2, -0.15) is 0 Å². The molecule has 3 heteroatoms. The zero-order valence-corrected chi connectivity index (χ0v) is 12.8. The molecule has 0 spiro atoms. The Morgan fingerprint density at radius 1 is 1.16 bits per heavy atom. The van der Waals surface area contributed by atoms with Crippen molar-refractivity contribution < 1.29 is 4.74 Å². The van der Waals surface area contributed by atoms with Crippen molar-refractivity contribution >= 4 is 0 Å². The fourth-order valence-electron chi connectivity index (χ4n) is 2.03. The summed E-state index contributed by atoms with van der Waals surface area (Å²) >= 11 is 0. The van der Waals surface area contributed by atoms with Gasteiger partial charge in [0.2, 0.25) is 0 Å². The topological polar surface area (TPSA) is 38.5 Å². The number of nitrogens with two attached hydrogens (primary N) is 1. The predicted octanol–water partition coefficient (Wildman–Crippen LogP) is 2.69. The van der Waals surface area contributed by atoms with Crippen LogP contribution in [0.5, 0.6) is 5.75 Å². The lowest BCUT2D eigenvalue weighted by Crippen LogP contribution is -2.33. The van der Waals surface area contributed by atoms with Crippen LogP contribution in [0.15, 0.2) is 24.3 Å². The Morgan fingerprint density at radius 2 is 1.79 bits per heavy atom. The van der Waals surface area contributed by atoms with Gasteiger partial charge in [-0.05, 0) is 64.4 Å². The van der Waals surface area contributed by atoms with Crippen molar-refractivity contribution in [3.8, 4) is 5.75 Å². The molecule has 0 saturated carbocycles. The maximum absolute atomic E-state index is 5.98. The Hall–Kier alpha value is -1.06. The van der Waals surface area contributed by atoms with Crippen LogP contribution in [0, 0.1) is 0 Å². The van der Waals surface area contributed by atoms with Gasteiger partial charge in [0.1, 0.15) is 5.75 Å². The second-order valence-corrected chi connectivity index (χ2v) is 5.99. The number of nitrogens with zero attached hydrogens (tertiary/aromatic N) is 1. The lowest BCUT2D eigenvalue weighted by atomic mass is 10.00. The summed E-state index contributed by atoms with van der Waals surface area (Å²) in [6.45, 7) is 6.36. The van der Waals surface area contributed by atoms with Crippen molar-refractivity contribution in [2.75, 3.05) is 27.2 Å². The number of hydrogen-bond acceptors (Lipinski definition) is 3. The smallest absolute Gasteiger partial charge is 0.118 e. The van der Waals surface area contributed by atoms with Crippen LogP contribution in [0.3, 0.4) is 0 Å². The third-order valence-electron chi connectivity index (χ3n) is 3.30. The molecule has 1 aromatic rings. The molecule has 0 unspecified atom stereocenters. The van der Waals surface area contributed by atoms with Gasteiger partial charge in [-0.1, -0.05) is 12.1 Å². The lowest BCUT2D eigenvalue weighted by molar-refractivity contribution is 0.313. The molecule has 1 rings (SSSR count). The van der Waals surface area contributed by atoms with E-state index in [1.54, 1.807) is 7.11 Å². The molecule has 0 bridgehead atoms. The van der Waals surface area contributed by atoms with E-state index in [9.17, 15) is 0 Å². The third-order valence-corrected chi connectivity index (χ3v) is 3.30. The summed E-state index contributed by atoms with van der Waals surface area (Å²) in [5.41, 5.74) is 7.29. The summed E-state index contributed by atoms with van der Waals surface area (Å²) < 4.78 is 5.16. The standard InChI is InChI=1S/C16H28N2O/c1-16(2,17)11-5-12-18(3)13-10-14-6-8-15(19-4)9-7-14/h6-9H,5,10-13,17H2,1-4H3. The molecule has 0 atom stereocenters. The maximum atomic E-state index is 5.98. The number of benzene rings is 1. The number of methoxy groups -OCH3 is 1. The van der Waals surface area contributed by atoms with Crippen LogP contribution in [-0.4, -0.2) is 37.7 Å². The van der Waals surface area contributed by atoms with Crippen LogP contribution in [-0.2, 0) is 6.42 Å². The van der Waals surface area contributed by atoms with Crippen LogP contribution < -0.4 is 10.5 Å². The zero-order valence-electron chi connectivity index (χ0n) is 12.8. The Kier molecular flexibility index (Phi) is 6.32. The molecule has 19 heavy (non-hydrogen) atoms. The largest absolute Gasteiger partial charge is 0.497 e. The molecule has 3 nitrogen and oxygen atoms in total. The first-order valence-corrected chi connectivity index (χ1v) is 7.01. The van der Waals surface area contributed by atoms with Gasteiger partial charge in [-0.25, -0.2) is 0 Å². The Morgan fingerprint density at radius 3 is 2.32 bits per heavy atom. The first kappa shape index (κ1) is 16.0. The zero-order chi connectivity index (χ0) is 14.3. The Bertz CT molecular complexity index is 354. The highest BCUT2D eigenvalue weighted by Gasteiger charge is 2.10. The van der Waals surface area contributed by atoms with E-state index in [1.165, 1.54) is 5.56 Å². The molecule has 0 fully saturated rings. The number of hydrogen-bond donors (Lipinski definition) is 1. The number of ether oxygens (including phenoxy) is 1. The van der Waals surface area contributed by atoms with Gasteiger partial charge in [0, 0.05) is 12.1 Å². The number of rotatable bonds is 8. The highest BCUT2D eigenvalue weighted by molar-refractivity contribution is 5.27. The van der Waals surface area contributed by atoms with E-state index in [4.69, 9.17) is 10.5 Å². The molecule has 0 heterocycles. The van der Waals surface area contributed by atoms with E-state index >= 15 is 0 Å². The fourth-order valence-corrected chi connectivity index (χ4v) is 2.03. The normalized spacial score (nSPS) is 11.9. The van der Waals surface area contributed by atoms with Gasteiger partial charge in [-0.3, -0.25) is 0 Å². The molecular formula is C16H28N2O. The summed E-state index contributed by atoms with van der Waals surface area (Å²) in [5, 5.41) is 0. The monoisotopic (exact) mass is 264 g/mol. The quantitative estimate of drug-likeness (QED) is 0.784. The van der Waals surface area contributed by atoms with Crippen molar-refractivity contribution in [2.24, 2.45) is 5.73 Å². The summed E-state index contributed by atoms with van der Waals surface area (Å²) in [6, 6.07) is 8.31. The molecule has 0 aromatic heterocycles. The predicted molar refractivity (Wildman–Crippen MR) is 81.7 cm³/mol. The Balaban J connectivity index is 2.23. The fraction of sp³-hybridized carbons (Fsp3) is 0.625. The van der Waals surface area contributed by atoms with Crippen LogP contribution in [0.25, 0.3) is 0 Å². The van der Waals surface area contributed by atoms with Gasteiger partial charge >= 0.3 is 0 Å². The lowest BCUT2D eigenvalue weighted by Gasteiger charge is -2.21. The summed E-state index contributed by atoms with van der Waals surface area (Å²) in [6.07, 6.45) is 3.30. The first-order chi connectivity index (χ1) is 8.90. The second kappa shape index (κ2) is 7.51. The molecule has 1 aromatic carbocycles. The molecular weight excluding hydrogens is 236 g/mol. The van der Waals surface area contributed by atoms with Gasteiger partial charge in [0.15, 0.2) is 0 Å². The molecule has 0 aliphatic rings.